The summed E-state index contributed by atoms with van der Waals surface area (Å²) >= 11 is 5.74. The maximum absolute atomic E-state index is 13.4. The van der Waals surface area contributed by atoms with Gasteiger partial charge in [0.15, 0.2) is 0 Å². The van der Waals surface area contributed by atoms with Crippen LogP contribution in [-0.2, 0) is 0 Å². The van der Waals surface area contributed by atoms with Gasteiger partial charge >= 0.3 is 0 Å². The first-order valence-electron chi connectivity index (χ1n) is 4.82. The summed E-state index contributed by atoms with van der Waals surface area (Å²) in [5.41, 5.74) is 6.01. The van der Waals surface area contributed by atoms with Crippen LogP contribution in [0.3, 0.4) is 0 Å². The molecule has 0 aliphatic carbocycles. The molecule has 1 aromatic carbocycles. The SMILES string of the molecule is CC(C)[C@@H](O)[C@@H](N)c1cc(Cl)ccc1F.Cl. The Kier molecular flexibility index (Phi) is 6.26. The minimum atomic E-state index is -0.780. The highest BCUT2D eigenvalue weighted by Gasteiger charge is 2.22. The minimum absolute atomic E-state index is 0. The Labute approximate surface area is 106 Å². The van der Waals surface area contributed by atoms with Crippen molar-refractivity contribution in [2.45, 2.75) is 26.0 Å². The number of rotatable bonds is 3. The normalized spacial score (nSPS) is 14.4. The predicted molar refractivity (Wildman–Crippen MR) is 66.4 cm³/mol. The van der Waals surface area contributed by atoms with E-state index in [4.69, 9.17) is 17.3 Å². The molecule has 0 aliphatic heterocycles. The second-order valence-electron chi connectivity index (χ2n) is 3.93. The molecule has 3 N–H and O–H groups in total. The van der Waals surface area contributed by atoms with Gasteiger partial charge in [-0.1, -0.05) is 25.4 Å². The van der Waals surface area contributed by atoms with Crippen molar-refractivity contribution in [2.75, 3.05) is 0 Å². The van der Waals surface area contributed by atoms with Crippen molar-refractivity contribution in [2.24, 2.45) is 11.7 Å². The van der Waals surface area contributed by atoms with E-state index >= 15 is 0 Å². The number of nitrogens with two attached hydrogens (primary N) is 1. The fourth-order valence-electron chi connectivity index (χ4n) is 1.37. The third kappa shape index (κ3) is 3.59. The maximum Gasteiger partial charge on any atom is 0.128 e. The van der Waals surface area contributed by atoms with E-state index in [-0.39, 0.29) is 23.9 Å². The summed E-state index contributed by atoms with van der Waals surface area (Å²) in [6.45, 7) is 3.65. The lowest BCUT2D eigenvalue weighted by Crippen LogP contribution is -2.31. The van der Waals surface area contributed by atoms with Gasteiger partial charge in [0.25, 0.3) is 0 Å². The zero-order chi connectivity index (χ0) is 11.6. The Hall–Kier alpha value is -0.350. The molecule has 1 rings (SSSR count). The van der Waals surface area contributed by atoms with Crippen molar-refractivity contribution in [3.8, 4) is 0 Å². The van der Waals surface area contributed by atoms with Crippen LogP contribution in [0.5, 0.6) is 0 Å². The smallest absolute Gasteiger partial charge is 0.128 e. The quantitative estimate of drug-likeness (QED) is 0.885. The highest BCUT2D eigenvalue weighted by Crippen LogP contribution is 2.24. The van der Waals surface area contributed by atoms with Crippen molar-refractivity contribution >= 4 is 24.0 Å². The van der Waals surface area contributed by atoms with Crippen LogP contribution in [0.2, 0.25) is 5.02 Å². The summed E-state index contributed by atoms with van der Waals surface area (Å²) in [6, 6.07) is 3.41. The van der Waals surface area contributed by atoms with Gasteiger partial charge in [-0.15, -0.1) is 12.4 Å². The molecule has 0 saturated carbocycles. The number of aliphatic hydroxyl groups is 1. The standard InChI is InChI=1S/C11H15ClFNO.ClH/c1-6(2)11(15)10(14)8-5-7(12)3-4-9(8)13;/h3-6,10-11,15H,14H2,1-2H3;1H/t10-,11+;/m0./s1. The Bertz CT molecular complexity index is 347. The summed E-state index contributed by atoms with van der Waals surface area (Å²) in [4.78, 5) is 0. The molecule has 0 spiro atoms. The molecule has 0 aromatic heterocycles. The van der Waals surface area contributed by atoms with Crippen LogP contribution >= 0.6 is 24.0 Å². The van der Waals surface area contributed by atoms with E-state index in [0.29, 0.717) is 5.02 Å². The molecule has 0 unspecified atom stereocenters. The summed E-state index contributed by atoms with van der Waals surface area (Å²) in [5.74, 6) is -0.468. The van der Waals surface area contributed by atoms with E-state index in [2.05, 4.69) is 0 Å². The third-order valence-electron chi connectivity index (χ3n) is 2.37. The molecule has 1 aromatic rings. The van der Waals surface area contributed by atoms with Crippen molar-refractivity contribution < 1.29 is 9.50 Å². The Morgan fingerprint density at radius 2 is 1.94 bits per heavy atom. The highest BCUT2D eigenvalue weighted by molar-refractivity contribution is 6.30. The number of aliphatic hydroxyl groups excluding tert-OH is 1. The molecule has 0 amide bonds. The van der Waals surface area contributed by atoms with Crippen LogP contribution in [0, 0.1) is 11.7 Å². The van der Waals surface area contributed by atoms with E-state index in [1.807, 2.05) is 13.8 Å². The van der Waals surface area contributed by atoms with Gasteiger partial charge in [0.2, 0.25) is 0 Å². The van der Waals surface area contributed by atoms with Crippen LogP contribution in [0.1, 0.15) is 25.5 Å². The molecule has 0 aliphatic rings. The van der Waals surface area contributed by atoms with Crippen LogP contribution in [0.4, 0.5) is 4.39 Å². The highest BCUT2D eigenvalue weighted by atomic mass is 35.5. The number of benzene rings is 1. The molecular formula is C11H16Cl2FNO. The van der Waals surface area contributed by atoms with Gasteiger partial charge in [-0.05, 0) is 24.1 Å². The van der Waals surface area contributed by atoms with Crippen LogP contribution in [0.25, 0.3) is 0 Å². The van der Waals surface area contributed by atoms with E-state index in [9.17, 15) is 9.50 Å². The molecule has 2 nitrogen and oxygen atoms in total. The van der Waals surface area contributed by atoms with Crippen molar-refractivity contribution in [3.63, 3.8) is 0 Å². The fraction of sp³-hybridized carbons (Fsp3) is 0.455. The lowest BCUT2D eigenvalue weighted by atomic mass is 9.94. The Morgan fingerprint density at radius 3 is 2.44 bits per heavy atom. The topological polar surface area (TPSA) is 46.2 Å². The van der Waals surface area contributed by atoms with Crippen LogP contribution in [-0.4, -0.2) is 11.2 Å². The van der Waals surface area contributed by atoms with Gasteiger partial charge in [0.05, 0.1) is 12.1 Å². The predicted octanol–water partition coefficient (Wildman–Crippen LogP) is 2.92. The molecular weight excluding hydrogens is 252 g/mol. The first kappa shape index (κ1) is 15.7. The van der Waals surface area contributed by atoms with Crippen LogP contribution in [0.15, 0.2) is 18.2 Å². The summed E-state index contributed by atoms with van der Waals surface area (Å²) in [5, 5.41) is 10.1. The summed E-state index contributed by atoms with van der Waals surface area (Å²) in [6.07, 6.45) is -0.780. The minimum Gasteiger partial charge on any atom is -0.391 e. The summed E-state index contributed by atoms with van der Waals surface area (Å²) in [7, 11) is 0. The maximum atomic E-state index is 13.4. The van der Waals surface area contributed by atoms with Gasteiger partial charge in [-0.3, -0.25) is 0 Å². The zero-order valence-electron chi connectivity index (χ0n) is 9.15. The average Bonchev–Trinajstić information content (AvgIpc) is 2.19. The molecule has 0 fully saturated rings. The van der Waals surface area contributed by atoms with E-state index in [0.717, 1.165) is 0 Å². The van der Waals surface area contributed by atoms with Gasteiger partial charge in [-0.25, -0.2) is 4.39 Å². The average molecular weight is 268 g/mol. The van der Waals surface area contributed by atoms with Gasteiger partial charge < -0.3 is 10.8 Å². The van der Waals surface area contributed by atoms with Gasteiger partial charge in [0.1, 0.15) is 5.82 Å². The molecule has 16 heavy (non-hydrogen) atoms. The summed E-state index contributed by atoms with van der Waals surface area (Å²) < 4.78 is 13.4. The number of halogens is 3. The molecule has 0 saturated heterocycles. The second kappa shape index (κ2) is 6.40. The molecule has 0 radical (unpaired) electrons. The number of hydrogen-bond acceptors (Lipinski definition) is 2. The van der Waals surface area contributed by atoms with Gasteiger partial charge in [-0.2, -0.15) is 0 Å². The monoisotopic (exact) mass is 267 g/mol. The van der Waals surface area contributed by atoms with E-state index in [1.165, 1.54) is 18.2 Å². The largest absolute Gasteiger partial charge is 0.391 e. The molecule has 0 heterocycles. The third-order valence-corrected chi connectivity index (χ3v) is 2.60. The Balaban J connectivity index is 0.00000225. The van der Waals surface area contributed by atoms with Crippen molar-refractivity contribution in [1.82, 2.24) is 0 Å². The van der Waals surface area contributed by atoms with E-state index < -0.39 is 18.0 Å². The molecule has 0 bridgehead atoms. The van der Waals surface area contributed by atoms with E-state index in [1.54, 1.807) is 0 Å². The second-order valence-corrected chi connectivity index (χ2v) is 4.36. The lowest BCUT2D eigenvalue weighted by Gasteiger charge is -2.22. The first-order chi connectivity index (χ1) is 6.93. The number of hydrogen-bond donors (Lipinski definition) is 2. The molecule has 2 atom stereocenters. The zero-order valence-corrected chi connectivity index (χ0v) is 10.7. The molecule has 92 valence electrons. The Morgan fingerprint density at radius 1 is 1.38 bits per heavy atom. The van der Waals surface area contributed by atoms with Crippen molar-refractivity contribution in [3.05, 3.63) is 34.6 Å². The van der Waals surface area contributed by atoms with Crippen LogP contribution < -0.4 is 5.73 Å². The van der Waals surface area contributed by atoms with Gasteiger partial charge in [0, 0.05) is 10.6 Å². The fourth-order valence-corrected chi connectivity index (χ4v) is 1.55. The van der Waals surface area contributed by atoms with Crippen molar-refractivity contribution in [1.29, 1.82) is 0 Å². The lowest BCUT2D eigenvalue weighted by molar-refractivity contribution is 0.0966. The first-order valence-corrected chi connectivity index (χ1v) is 5.20. The molecule has 5 heteroatoms.